The molecule has 2 aromatic rings. The molecule has 0 saturated carbocycles. The summed E-state index contributed by atoms with van der Waals surface area (Å²) in [4.78, 5) is 23.1. The van der Waals surface area contributed by atoms with Crippen molar-refractivity contribution in [1.29, 1.82) is 0 Å². The number of carbonyl (C=O) groups excluding carboxylic acids is 1. The first-order chi connectivity index (χ1) is 11.5. The van der Waals surface area contributed by atoms with Crippen LogP contribution >= 0.6 is 0 Å². The average molecular weight is 333 g/mol. The zero-order valence-corrected chi connectivity index (χ0v) is 13.3. The van der Waals surface area contributed by atoms with Crippen molar-refractivity contribution in [3.05, 3.63) is 35.6 Å². The molecule has 1 aromatic carbocycles. The van der Waals surface area contributed by atoms with Crippen molar-refractivity contribution in [2.75, 3.05) is 19.8 Å². The molecule has 2 atom stereocenters. The molecule has 7 heteroatoms. The quantitative estimate of drug-likeness (QED) is 0.865. The molecule has 0 unspecified atom stereocenters. The van der Waals surface area contributed by atoms with Gasteiger partial charge in [-0.2, -0.15) is 0 Å². The summed E-state index contributed by atoms with van der Waals surface area (Å²) in [5.74, 6) is -0.507. The van der Waals surface area contributed by atoms with Crippen molar-refractivity contribution >= 4 is 22.8 Å². The van der Waals surface area contributed by atoms with Crippen LogP contribution in [0.15, 0.2) is 28.7 Å². The topological polar surface area (TPSA) is 98.0 Å². The number of furan rings is 1. The fourth-order valence-electron chi connectivity index (χ4n) is 2.80. The number of carbonyl (C=O) groups is 2. The highest BCUT2D eigenvalue weighted by Crippen LogP contribution is 2.20. The third kappa shape index (κ3) is 3.74. The fraction of sp³-hybridized carbons (Fsp3) is 0.412. The average Bonchev–Trinajstić information content (AvgIpc) is 2.93. The number of amides is 1. The largest absolute Gasteiger partial charge is 0.480 e. The van der Waals surface area contributed by atoms with Gasteiger partial charge in [0.2, 0.25) is 0 Å². The summed E-state index contributed by atoms with van der Waals surface area (Å²) in [6.07, 6.45) is 0.164. The van der Waals surface area contributed by atoms with E-state index in [0.29, 0.717) is 25.2 Å². The van der Waals surface area contributed by atoms with Gasteiger partial charge >= 0.3 is 5.97 Å². The van der Waals surface area contributed by atoms with Crippen LogP contribution in [-0.2, 0) is 14.3 Å². The van der Waals surface area contributed by atoms with Crippen LogP contribution in [0.25, 0.3) is 11.0 Å². The standard InChI is InChI=1S/C17H19NO6/c1-10-6-12-7-11(2-3-14(12)24-10)17(21)18-13-8-22-5-4-15(13)23-9-16(19)20/h2-3,6-7,13,15H,4-5,8-9H2,1H3,(H,18,21)(H,19,20)/t13-,15+/m1/s1. The smallest absolute Gasteiger partial charge is 0.329 e. The van der Waals surface area contributed by atoms with E-state index in [1.165, 1.54) is 0 Å². The number of hydrogen-bond donors (Lipinski definition) is 2. The molecule has 1 aliphatic heterocycles. The molecule has 128 valence electrons. The Morgan fingerprint density at radius 3 is 3.00 bits per heavy atom. The van der Waals surface area contributed by atoms with Gasteiger partial charge in [0.15, 0.2) is 0 Å². The zero-order valence-electron chi connectivity index (χ0n) is 13.3. The van der Waals surface area contributed by atoms with Gasteiger partial charge in [-0.1, -0.05) is 0 Å². The number of aryl methyl sites for hydroxylation is 1. The predicted octanol–water partition coefficient (Wildman–Crippen LogP) is 1.73. The molecular weight excluding hydrogens is 314 g/mol. The fourth-order valence-corrected chi connectivity index (χ4v) is 2.80. The van der Waals surface area contributed by atoms with Gasteiger partial charge in [-0.15, -0.1) is 0 Å². The Kier molecular flexibility index (Phi) is 4.82. The van der Waals surface area contributed by atoms with Crippen LogP contribution in [0, 0.1) is 6.92 Å². The second-order valence-corrected chi connectivity index (χ2v) is 5.80. The van der Waals surface area contributed by atoms with E-state index < -0.39 is 12.6 Å². The van der Waals surface area contributed by atoms with Gasteiger partial charge in [-0.05, 0) is 37.6 Å². The highest BCUT2D eigenvalue weighted by molar-refractivity contribution is 5.98. The number of carboxylic acid groups (broad SMARTS) is 1. The second kappa shape index (κ2) is 7.02. The Hall–Kier alpha value is -2.38. The van der Waals surface area contributed by atoms with Crippen molar-refractivity contribution in [3.63, 3.8) is 0 Å². The first-order valence-corrected chi connectivity index (χ1v) is 7.75. The number of aliphatic carboxylic acids is 1. The summed E-state index contributed by atoms with van der Waals surface area (Å²) in [6.45, 7) is 2.24. The van der Waals surface area contributed by atoms with E-state index in [0.717, 1.165) is 16.7 Å². The third-order valence-electron chi connectivity index (χ3n) is 3.93. The van der Waals surface area contributed by atoms with Crippen LogP contribution in [0.1, 0.15) is 22.5 Å². The van der Waals surface area contributed by atoms with E-state index in [2.05, 4.69) is 5.32 Å². The van der Waals surface area contributed by atoms with Gasteiger partial charge in [0.1, 0.15) is 18.0 Å². The molecule has 0 aliphatic carbocycles. The summed E-state index contributed by atoms with van der Waals surface area (Å²) in [5, 5.41) is 12.5. The minimum Gasteiger partial charge on any atom is -0.480 e. The molecule has 2 N–H and O–H groups in total. The van der Waals surface area contributed by atoms with E-state index in [1.807, 2.05) is 13.0 Å². The maximum atomic E-state index is 12.5. The second-order valence-electron chi connectivity index (χ2n) is 5.80. The number of benzene rings is 1. The molecule has 0 spiro atoms. The van der Waals surface area contributed by atoms with Crippen LogP contribution in [0.5, 0.6) is 0 Å². The molecule has 1 fully saturated rings. The Bertz CT molecular complexity index is 753. The molecule has 3 rings (SSSR count). The zero-order chi connectivity index (χ0) is 17.1. The normalized spacial score (nSPS) is 20.9. The number of ether oxygens (including phenoxy) is 2. The summed E-state index contributed by atoms with van der Waals surface area (Å²) in [5.41, 5.74) is 1.23. The lowest BCUT2D eigenvalue weighted by Crippen LogP contribution is -2.51. The number of fused-ring (bicyclic) bond motifs is 1. The van der Waals surface area contributed by atoms with Crippen LogP contribution < -0.4 is 5.32 Å². The number of rotatable bonds is 5. The van der Waals surface area contributed by atoms with Crippen LogP contribution in [0.2, 0.25) is 0 Å². The van der Waals surface area contributed by atoms with Gasteiger partial charge in [0.05, 0.1) is 18.8 Å². The van der Waals surface area contributed by atoms with Crippen LogP contribution in [0.4, 0.5) is 0 Å². The molecule has 2 heterocycles. The number of nitrogens with one attached hydrogen (secondary N) is 1. The van der Waals surface area contributed by atoms with E-state index in [9.17, 15) is 9.59 Å². The SMILES string of the molecule is Cc1cc2cc(C(=O)N[C@@H]3COCC[C@@H]3OCC(=O)O)ccc2o1. The summed E-state index contributed by atoms with van der Waals surface area (Å²) in [6, 6.07) is 6.70. The van der Waals surface area contributed by atoms with Crippen molar-refractivity contribution in [3.8, 4) is 0 Å². The minimum absolute atomic E-state index is 0.254. The van der Waals surface area contributed by atoms with Gasteiger partial charge in [-0.3, -0.25) is 4.79 Å². The van der Waals surface area contributed by atoms with E-state index in [4.69, 9.17) is 19.0 Å². The minimum atomic E-state index is -1.03. The Morgan fingerprint density at radius 1 is 1.38 bits per heavy atom. The Balaban J connectivity index is 1.69. The molecule has 1 saturated heterocycles. The highest BCUT2D eigenvalue weighted by atomic mass is 16.5. The monoisotopic (exact) mass is 333 g/mol. The molecule has 24 heavy (non-hydrogen) atoms. The first-order valence-electron chi connectivity index (χ1n) is 7.75. The van der Waals surface area contributed by atoms with E-state index in [1.54, 1.807) is 18.2 Å². The lowest BCUT2D eigenvalue weighted by atomic mass is 10.1. The van der Waals surface area contributed by atoms with Gasteiger partial charge in [0, 0.05) is 17.6 Å². The number of hydrogen-bond acceptors (Lipinski definition) is 5. The molecular formula is C17H19NO6. The third-order valence-corrected chi connectivity index (χ3v) is 3.93. The summed E-state index contributed by atoms with van der Waals surface area (Å²) < 4.78 is 16.2. The highest BCUT2D eigenvalue weighted by Gasteiger charge is 2.29. The lowest BCUT2D eigenvalue weighted by molar-refractivity contribution is -0.147. The molecule has 1 aromatic heterocycles. The number of carboxylic acids is 1. The van der Waals surface area contributed by atoms with Crippen molar-refractivity contribution in [2.24, 2.45) is 0 Å². The van der Waals surface area contributed by atoms with E-state index >= 15 is 0 Å². The predicted molar refractivity (Wildman–Crippen MR) is 85.0 cm³/mol. The Labute approximate surface area is 138 Å². The summed E-state index contributed by atoms with van der Waals surface area (Å²) >= 11 is 0. The van der Waals surface area contributed by atoms with Crippen LogP contribution in [-0.4, -0.2) is 48.9 Å². The molecule has 0 radical (unpaired) electrons. The molecule has 7 nitrogen and oxygen atoms in total. The molecule has 0 bridgehead atoms. The van der Waals surface area contributed by atoms with E-state index in [-0.39, 0.29) is 18.1 Å². The van der Waals surface area contributed by atoms with Gasteiger partial charge < -0.3 is 24.3 Å². The summed E-state index contributed by atoms with van der Waals surface area (Å²) in [7, 11) is 0. The maximum Gasteiger partial charge on any atom is 0.329 e. The van der Waals surface area contributed by atoms with Crippen molar-refractivity contribution in [1.82, 2.24) is 5.32 Å². The van der Waals surface area contributed by atoms with Gasteiger partial charge in [-0.25, -0.2) is 4.79 Å². The van der Waals surface area contributed by atoms with Crippen molar-refractivity contribution in [2.45, 2.75) is 25.5 Å². The molecule has 1 amide bonds. The maximum absolute atomic E-state index is 12.5. The van der Waals surface area contributed by atoms with Gasteiger partial charge in [0.25, 0.3) is 5.91 Å². The molecule has 1 aliphatic rings. The van der Waals surface area contributed by atoms with Crippen molar-refractivity contribution < 1.29 is 28.6 Å². The Morgan fingerprint density at radius 2 is 2.21 bits per heavy atom. The van der Waals surface area contributed by atoms with Crippen LogP contribution in [0.3, 0.4) is 0 Å². The first kappa shape index (κ1) is 16.5. The lowest BCUT2D eigenvalue weighted by Gasteiger charge is -2.31.